The number of hydrogen-bond donors (Lipinski definition) is 0. The van der Waals surface area contributed by atoms with Crippen LogP contribution in [0.3, 0.4) is 0 Å². The number of rotatable bonds is 5. The van der Waals surface area contributed by atoms with Crippen molar-refractivity contribution in [3.8, 4) is 17.1 Å². The molecule has 160 valence electrons. The molecule has 31 heavy (non-hydrogen) atoms. The summed E-state index contributed by atoms with van der Waals surface area (Å²) in [6, 6.07) is 11.4. The molecule has 0 spiro atoms. The van der Waals surface area contributed by atoms with E-state index in [1.807, 2.05) is 30.0 Å². The Labute approximate surface area is 179 Å². The Morgan fingerprint density at radius 3 is 2.58 bits per heavy atom. The molecule has 1 amide bonds. The summed E-state index contributed by atoms with van der Waals surface area (Å²) in [5.74, 6) is -0.381. The van der Waals surface area contributed by atoms with Crippen LogP contribution in [0, 0.1) is 24.5 Å². The van der Waals surface area contributed by atoms with Crippen molar-refractivity contribution in [3.05, 3.63) is 77.6 Å². The molecule has 0 aliphatic carbocycles. The average Bonchev–Trinajstić information content (AvgIpc) is 2.79. The van der Waals surface area contributed by atoms with Crippen LogP contribution in [0.4, 0.5) is 8.78 Å². The van der Waals surface area contributed by atoms with Crippen LogP contribution in [-0.2, 0) is 0 Å². The molecule has 0 bridgehead atoms. The Bertz CT molecular complexity index is 1060. The van der Waals surface area contributed by atoms with Crippen molar-refractivity contribution in [1.29, 1.82) is 0 Å². The number of aromatic nitrogens is 2. The van der Waals surface area contributed by atoms with Gasteiger partial charge in [-0.1, -0.05) is 17.7 Å². The zero-order valence-corrected chi connectivity index (χ0v) is 17.2. The summed E-state index contributed by atoms with van der Waals surface area (Å²) in [5.41, 5.74) is 2.77. The van der Waals surface area contributed by atoms with Crippen LogP contribution >= 0.6 is 0 Å². The van der Waals surface area contributed by atoms with Crippen LogP contribution in [0.25, 0.3) is 11.3 Å². The molecule has 5 nitrogen and oxygen atoms in total. The minimum Gasteiger partial charge on any atom is -0.477 e. The van der Waals surface area contributed by atoms with Gasteiger partial charge in [0.15, 0.2) is 0 Å². The lowest BCUT2D eigenvalue weighted by atomic mass is 9.96. The molecule has 2 aromatic heterocycles. The van der Waals surface area contributed by atoms with Gasteiger partial charge < -0.3 is 9.64 Å². The van der Waals surface area contributed by atoms with Gasteiger partial charge in [-0.15, -0.1) is 0 Å². The van der Waals surface area contributed by atoms with Gasteiger partial charge in [-0.25, -0.2) is 13.8 Å². The monoisotopic (exact) mass is 423 g/mol. The molecule has 0 saturated carbocycles. The number of aryl methyl sites for hydroxylation is 1. The molecule has 1 aliphatic rings. The largest absolute Gasteiger partial charge is 0.477 e. The van der Waals surface area contributed by atoms with Gasteiger partial charge in [0.05, 0.1) is 24.7 Å². The number of amides is 1. The molecule has 1 aromatic carbocycles. The molecule has 1 aliphatic heterocycles. The average molecular weight is 423 g/mol. The number of halogens is 2. The third kappa shape index (κ3) is 5.05. The fraction of sp³-hybridized carbons (Fsp3) is 0.292. The van der Waals surface area contributed by atoms with Crippen molar-refractivity contribution in [2.45, 2.75) is 19.8 Å². The molecule has 4 rings (SSSR count). The summed E-state index contributed by atoms with van der Waals surface area (Å²) < 4.78 is 32.0. The predicted molar refractivity (Wildman–Crippen MR) is 113 cm³/mol. The highest BCUT2D eigenvalue weighted by Gasteiger charge is 2.27. The summed E-state index contributed by atoms with van der Waals surface area (Å²) >= 11 is 0. The van der Waals surface area contributed by atoms with E-state index in [1.54, 1.807) is 6.07 Å². The molecule has 1 unspecified atom stereocenters. The lowest BCUT2D eigenvalue weighted by Crippen LogP contribution is -2.41. The van der Waals surface area contributed by atoms with E-state index in [0.29, 0.717) is 42.4 Å². The maximum Gasteiger partial charge on any atom is 0.254 e. The quantitative estimate of drug-likeness (QED) is 0.599. The number of hydrogen-bond acceptors (Lipinski definition) is 4. The smallest absolute Gasteiger partial charge is 0.254 e. The summed E-state index contributed by atoms with van der Waals surface area (Å²) in [5, 5.41) is 0. The molecular weight excluding hydrogens is 400 g/mol. The summed E-state index contributed by atoms with van der Waals surface area (Å²) in [6.45, 7) is 3.56. The van der Waals surface area contributed by atoms with Crippen molar-refractivity contribution in [2.75, 3.05) is 19.7 Å². The van der Waals surface area contributed by atoms with E-state index in [0.717, 1.165) is 30.8 Å². The molecule has 0 radical (unpaired) electrons. The summed E-state index contributed by atoms with van der Waals surface area (Å²) in [4.78, 5) is 23.3. The zero-order valence-electron chi connectivity index (χ0n) is 17.2. The van der Waals surface area contributed by atoms with E-state index >= 15 is 0 Å². The second-order valence-corrected chi connectivity index (χ2v) is 7.80. The molecule has 1 fully saturated rings. The van der Waals surface area contributed by atoms with Crippen molar-refractivity contribution in [2.24, 2.45) is 5.92 Å². The first-order valence-electron chi connectivity index (χ1n) is 10.3. The Kier molecular flexibility index (Phi) is 6.21. The number of piperidine rings is 1. The highest BCUT2D eigenvalue weighted by atomic mass is 19.1. The van der Waals surface area contributed by atoms with Gasteiger partial charge in [-0.05, 0) is 44.0 Å². The van der Waals surface area contributed by atoms with Crippen molar-refractivity contribution < 1.29 is 18.3 Å². The zero-order chi connectivity index (χ0) is 21.8. The SMILES string of the molecule is Cc1ccc(-c2ccc(F)cn2)c(C(=O)N2CCCC(COc3ccc(F)cn3)C2)c1. The van der Waals surface area contributed by atoms with Crippen LogP contribution in [-0.4, -0.2) is 40.5 Å². The minimum atomic E-state index is -0.418. The van der Waals surface area contributed by atoms with Crippen molar-refractivity contribution in [3.63, 3.8) is 0 Å². The second-order valence-electron chi connectivity index (χ2n) is 7.80. The molecule has 3 aromatic rings. The van der Waals surface area contributed by atoms with Gasteiger partial charge in [0, 0.05) is 36.2 Å². The van der Waals surface area contributed by atoms with Gasteiger partial charge in [-0.2, -0.15) is 0 Å². The van der Waals surface area contributed by atoms with Crippen LogP contribution < -0.4 is 4.74 Å². The number of ether oxygens (including phenoxy) is 1. The van der Waals surface area contributed by atoms with Crippen LogP contribution in [0.5, 0.6) is 5.88 Å². The Morgan fingerprint density at radius 2 is 1.87 bits per heavy atom. The van der Waals surface area contributed by atoms with Gasteiger partial charge in [0.25, 0.3) is 5.91 Å². The van der Waals surface area contributed by atoms with Gasteiger partial charge in [0.2, 0.25) is 5.88 Å². The van der Waals surface area contributed by atoms with Crippen molar-refractivity contribution >= 4 is 5.91 Å². The summed E-state index contributed by atoms with van der Waals surface area (Å²) in [6.07, 6.45) is 4.08. The Hall–Kier alpha value is -3.35. The number of likely N-dealkylation sites (tertiary alicyclic amines) is 1. The summed E-state index contributed by atoms with van der Waals surface area (Å²) in [7, 11) is 0. The minimum absolute atomic E-state index is 0.0746. The molecule has 0 N–H and O–H groups in total. The Balaban J connectivity index is 1.49. The molecule has 7 heteroatoms. The van der Waals surface area contributed by atoms with E-state index in [9.17, 15) is 13.6 Å². The van der Waals surface area contributed by atoms with E-state index in [2.05, 4.69) is 9.97 Å². The highest BCUT2D eigenvalue weighted by Crippen LogP contribution is 2.27. The molecule has 3 heterocycles. The molecule has 1 atom stereocenters. The predicted octanol–water partition coefficient (Wildman–Crippen LogP) is 4.66. The third-order valence-electron chi connectivity index (χ3n) is 5.38. The van der Waals surface area contributed by atoms with Crippen molar-refractivity contribution in [1.82, 2.24) is 14.9 Å². The first-order chi connectivity index (χ1) is 15.0. The fourth-order valence-corrected chi connectivity index (χ4v) is 3.80. The van der Waals surface area contributed by atoms with E-state index in [1.165, 1.54) is 18.2 Å². The normalized spacial score (nSPS) is 16.2. The van der Waals surface area contributed by atoms with Crippen LogP contribution in [0.15, 0.2) is 54.9 Å². The number of nitrogens with zero attached hydrogens (tertiary/aromatic N) is 3. The number of carbonyl (C=O) groups excluding carboxylic acids is 1. The third-order valence-corrected chi connectivity index (χ3v) is 5.38. The maximum atomic E-state index is 13.4. The molecule has 1 saturated heterocycles. The highest BCUT2D eigenvalue weighted by molar-refractivity contribution is 6.00. The lowest BCUT2D eigenvalue weighted by molar-refractivity contribution is 0.0632. The Morgan fingerprint density at radius 1 is 1.10 bits per heavy atom. The first-order valence-corrected chi connectivity index (χ1v) is 10.3. The number of pyridine rings is 2. The van der Waals surface area contributed by atoms with E-state index in [4.69, 9.17) is 4.74 Å². The fourth-order valence-electron chi connectivity index (χ4n) is 3.80. The standard InChI is InChI=1S/C24H23F2N3O2/c1-16-4-7-20(22-8-5-18(25)12-27-22)21(11-16)24(30)29-10-2-3-17(14-29)15-31-23-9-6-19(26)13-28-23/h4-9,11-13,17H,2-3,10,14-15H2,1H3. The van der Waals surface area contributed by atoms with Crippen LogP contribution in [0.1, 0.15) is 28.8 Å². The van der Waals surface area contributed by atoms with E-state index < -0.39 is 11.6 Å². The first kappa shape index (κ1) is 20.9. The van der Waals surface area contributed by atoms with Crippen LogP contribution in [0.2, 0.25) is 0 Å². The van der Waals surface area contributed by atoms with Gasteiger partial charge in [0.1, 0.15) is 11.6 Å². The molecular formula is C24H23F2N3O2. The second kappa shape index (κ2) is 9.20. The van der Waals surface area contributed by atoms with Gasteiger partial charge in [-0.3, -0.25) is 9.78 Å². The number of benzene rings is 1. The topological polar surface area (TPSA) is 55.3 Å². The number of carbonyl (C=O) groups is 1. The van der Waals surface area contributed by atoms with Gasteiger partial charge >= 0.3 is 0 Å². The lowest BCUT2D eigenvalue weighted by Gasteiger charge is -2.33. The van der Waals surface area contributed by atoms with E-state index in [-0.39, 0.29) is 11.8 Å². The maximum absolute atomic E-state index is 13.4.